The number of nitriles is 1. The summed E-state index contributed by atoms with van der Waals surface area (Å²) in [5, 5.41) is 9.35. The highest BCUT2D eigenvalue weighted by Gasteiger charge is 2.45. The largest absolute Gasteiger partial charge is 0.457 e. The summed E-state index contributed by atoms with van der Waals surface area (Å²) in [4.78, 5) is 5.16. The Balaban J connectivity index is 1.35. The van der Waals surface area contributed by atoms with Crippen molar-refractivity contribution in [2.75, 3.05) is 0 Å². The average molecular weight is 589 g/mol. The van der Waals surface area contributed by atoms with E-state index in [9.17, 15) is 5.26 Å². The first-order valence-corrected chi connectivity index (χ1v) is 15.4. The molecule has 216 valence electrons. The van der Waals surface area contributed by atoms with Gasteiger partial charge in [0.2, 0.25) is 0 Å². The van der Waals surface area contributed by atoms with Crippen molar-refractivity contribution >= 4 is 0 Å². The normalized spacial score (nSPS) is 12.7. The lowest BCUT2D eigenvalue weighted by Crippen LogP contribution is -2.34. The molecule has 1 aromatic heterocycles. The maximum atomic E-state index is 9.35. The Morgan fingerprint density at radius 2 is 1.00 bits per heavy atom. The highest BCUT2D eigenvalue weighted by molar-refractivity contribution is 5.79. The molecule has 1 aliphatic heterocycles. The quantitative estimate of drug-likeness (QED) is 0.201. The predicted molar refractivity (Wildman–Crippen MR) is 184 cm³/mol. The summed E-state index contributed by atoms with van der Waals surface area (Å²) in [6.07, 6.45) is 0. The molecule has 8 rings (SSSR count). The Bertz CT molecular complexity index is 2180. The first-order chi connectivity index (χ1) is 22.7. The molecular weight excluding hydrogens is 560 g/mol. The van der Waals surface area contributed by atoms with Crippen LogP contribution in [-0.4, -0.2) is 4.98 Å². The van der Waals surface area contributed by atoms with Gasteiger partial charge < -0.3 is 4.74 Å². The fraction of sp³-hybridized carbons (Fsp3) is 0.0233. The Hall–Kier alpha value is -6.24. The Kier molecular flexibility index (Phi) is 6.74. The third-order valence-electron chi connectivity index (χ3n) is 8.85. The van der Waals surface area contributed by atoms with Crippen molar-refractivity contribution in [1.82, 2.24) is 4.98 Å². The molecule has 0 fully saturated rings. The molecule has 46 heavy (non-hydrogen) atoms. The van der Waals surface area contributed by atoms with Crippen LogP contribution in [0.5, 0.6) is 11.5 Å². The second-order valence-electron chi connectivity index (χ2n) is 11.5. The smallest absolute Gasteiger partial charge is 0.132 e. The van der Waals surface area contributed by atoms with Gasteiger partial charge in [-0.25, -0.2) is 4.98 Å². The predicted octanol–water partition coefficient (Wildman–Crippen LogP) is 10.4. The molecule has 0 spiro atoms. The number of pyridine rings is 1. The summed E-state index contributed by atoms with van der Waals surface area (Å²) in [5.74, 6) is 1.64. The fourth-order valence-corrected chi connectivity index (χ4v) is 6.71. The Morgan fingerprint density at radius 3 is 1.65 bits per heavy atom. The zero-order valence-corrected chi connectivity index (χ0v) is 25.0. The third-order valence-corrected chi connectivity index (χ3v) is 8.85. The SMILES string of the molecule is N#Cc1ccc(-c2cc(-c3ccccc3)cc(-c3ccc4c(c3)Oc3ccccc3C4(c3ccccc3)c3ccccc3)n2)cc1. The minimum absolute atomic E-state index is 0.571. The first-order valence-electron chi connectivity index (χ1n) is 15.4. The van der Waals surface area contributed by atoms with Crippen LogP contribution in [-0.2, 0) is 5.41 Å². The lowest BCUT2D eigenvalue weighted by Gasteiger charge is -2.41. The number of benzene rings is 6. The molecule has 7 aromatic rings. The van der Waals surface area contributed by atoms with E-state index in [1.54, 1.807) is 0 Å². The molecule has 0 saturated heterocycles. The van der Waals surface area contributed by atoms with Crippen LogP contribution in [0.1, 0.15) is 27.8 Å². The average Bonchev–Trinajstić information content (AvgIpc) is 3.14. The summed E-state index contributed by atoms with van der Waals surface area (Å²) in [6.45, 7) is 0. The number of hydrogen-bond donors (Lipinski definition) is 0. The van der Waals surface area contributed by atoms with Crippen molar-refractivity contribution < 1.29 is 4.74 Å². The van der Waals surface area contributed by atoms with Crippen LogP contribution < -0.4 is 4.74 Å². The molecule has 2 heterocycles. The molecule has 0 atom stereocenters. The van der Waals surface area contributed by atoms with Gasteiger partial charge in [-0.15, -0.1) is 0 Å². The molecule has 3 nitrogen and oxygen atoms in total. The van der Waals surface area contributed by atoms with Crippen molar-refractivity contribution in [2.24, 2.45) is 0 Å². The van der Waals surface area contributed by atoms with Gasteiger partial charge in [-0.2, -0.15) is 5.26 Å². The van der Waals surface area contributed by atoms with Gasteiger partial charge in [0.1, 0.15) is 11.5 Å². The van der Waals surface area contributed by atoms with Crippen LogP contribution in [0, 0.1) is 11.3 Å². The summed E-state index contributed by atoms with van der Waals surface area (Å²) in [7, 11) is 0. The van der Waals surface area contributed by atoms with Crippen LogP contribution in [0.25, 0.3) is 33.6 Å². The van der Waals surface area contributed by atoms with E-state index in [1.165, 1.54) is 11.1 Å². The van der Waals surface area contributed by atoms with Crippen LogP contribution in [0.2, 0.25) is 0 Å². The first kappa shape index (κ1) is 27.3. The lowest BCUT2D eigenvalue weighted by atomic mass is 9.63. The number of aromatic nitrogens is 1. The van der Waals surface area contributed by atoms with Crippen LogP contribution in [0.15, 0.2) is 170 Å². The zero-order chi connectivity index (χ0) is 30.9. The molecule has 0 amide bonds. The standard InChI is InChI=1S/C43H28N2O/c44-29-30-20-22-32(23-21-30)39-26-34(31-12-4-1-5-13-31)27-40(45-39)33-24-25-38-42(28-33)46-41-19-11-10-18-37(41)43(38,35-14-6-2-7-15-35)36-16-8-3-9-17-36/h1-28H. The monoisotopic (exact) mass is 588 g/mol. The maximum Gasteiger partial charge on any atom is 0.132 e. The number of hydrogen-bond acceptors (Lipinski definition) is 3. The zero-order valence-electron chi connectivity index (χ0n) is 25.0. The van der Waals surface area contributed by atoms with Crippen LogP contribution in [0.3, 0.4) is 0 Å². The molecule has 0 bridgehead atoms. The minimum Gasteiger partial charge on any atom is -0.457 e. The second-order valence-corrected chi connectivity index (χ2v) is 11.5. The second kappa shape index (κ2) is 11.4. The molecule has 0 radical (unpaired) electrons. The van der Waals surface area contributed by atoms with E-state index >= 15 is 0 Å². The van der Waals surface area contributed by atoms with Crippen molar-refractivity contribution in [3.05, 3.63) is 198 Å². The molecule has 0 saturated carbocycles. The number of rotatable bonds is 5. The highest BCUT2D eigenvalue weighted by Crippen LogP contribution is 2.55. The highest BCUT2D eigenvalue weighted by atomic mass is 16.5. The molecule has 0 unspecified atom stereocenters. The van der Waals surface area contributed by atoms with Crippen molar-refractivity contribution in [2.45, 2.75) is 5.41 Å². The van der Waals surface area contributed by atoms with E-state index in [1.807, 2.05) is 48.5 Å². The molecule has 3 heteroatoms. The summed E-state index contributed by atoms with van der Waals surface area (Å²) < 4.78 is 6.73. The van der Waals surface area contributed by atoms with E-state index in [0.29, 0.717) is 5.56 Å². The van der Waals surface area contributed by atoms with Gasteiger partial charge in [0, 0.05) is 22.3 Å². The van der Waals surface area contributed by atoms with Gasteiger partial charge in [-0.1, -0.05) is 133 Å². The summed E-state index contributed by atoms with van der Waals surface area (Å²) >= 11 is 0. The summed E-state index contributed by atoms with van der Waals surface area (Å²) in [5.41, 5.74) is 10.4. The van der Waals surface area contributed by atoms with Gasteiger partial charge >= 0.3 is 0 Å². The summed E-state index contributed by atoms with van der Waals surface area (Å²) in [6, 6.07) is 60.7. The third kappa shape index (κ3) is 4.56. The van der Waals surface area contributed by atoms with Crippen molar-refractivity contribution in [1.29, 1.82) is 5.26 Å². The minimum atomic E-state index is -0.571. The van der Waals surface area contributed by atoms with Gasteiger partial charge in [0.15, 0.2) is 0 Å². The Morgan fingerprint density at radius 1 is 0.457 bits per heavy atom. The molecule has 6 aromatic carbocycles. The van der Waals surface area contributed by atoms with Gasteiger partial charge in [-0.05, 0) is 58.7 Å². The van der Waals surface area contributed by atoms with E-state index in [2.05, 4.69) is 127 Å². The van der Waals surface area contributed by atoms with Gasteiger partial charge in [0.25, 0.3) is 0 Å². The van der Waals surface area contributed by atoms with E-state index in [-0.39, 0.29) is 0 Å². The number of nitrogens with zero attached hydrogens (tertiary/aromatic N) is 2. The maximum absolute atomic E-state index is 9.35. The van der Waals surface area contributed by atoms with Gasteiger partial charge in [-0.3, -0.25) is 0 Å². The fourth-order valence-electron chi connectivity index (χ4n) is 6.71. The van der Waals surface area contributed by atoms with E-state index in [4.69, 9.17) is 9.72 Å². The van der Waals surface area contributed by atoms with E-state index in [0.717, 1.165) is 56.3 Å². The molecular formula is C43H28N2O. The molecule has 1 aliphatic rings. The van der Waals surface area contributed by atoms with Crippen molar-refractivity contribution in [3.63, 3.8) is 0 Å². The Labute approximate surface area is 268 Å². The van der Waals surface area contributed by atoms with Crippen LogP contribution >= 0.6 is 0 Å². The van der Waals surface area contributed by atoms with Crippen molar-refractivity contribution in [3.8, 4) is 51.2 Å². The number of fused-ring (bicyclic) bond motifs is 2. The topological polar surface area (TPSA) is 45.9 Å². The lowest BCUT2D eigenvalue weighted by molar-refractivity contribution is 0.434. The number of para-hydroxylation sites is 1. The molecule has 0 N–H and O–H groups in total. The van der Waals surface area contributed by atoms with Crippen LogP contribution in [0.4, 0.5) is 0 Å². The van der Waals surface area contributed by atoms with Gasteiger partial charge in [0.05, 0.1) is 28.4 Å². The molecule has 0 aliphatic carbocycles. The number of ether oxygens (including phenoxy) is 1. The van der Waals surface area contributed by atoms with E-state index < -0.39 is 5.41 Å².